The first-order valence-electron chi connectivity index (χ1n) is 7.22. The van der Waals surface area contributed by atoms with Crippen LogP contribution in [0.25, 0.3) is 5.57 Å². The Kier molecular flexibility index (Phi) is 6.56. The standard InChI is InChI=1S/C17H25FN2O/c1-12(2)15(11-17(21)19-8-9-20(4)5)14-6-7-16(18)13(3)10-14/h6-7,10-12H,8-9H2,1-5H3,(H,19,21)/b15-11+. The Morgan fingerprint density at radius 3 is 2.57 bits per heavy atom. The largest absolute Gasteiger partial charge is 0.351 e. The number of nitrogens with zero attached hydrogens (tertiary/aromatic N) is 1. The van der Waals surface area contributed by atoms with Crippen LogP contribution in [0.1, 0.15) is 25.0 Å². The predicted molar refractivity (Wildman–Crippen MR) is 85.5 cm³/mol. The topological polar surface area (TPSA) is 32.3 Å². The summed E-state index contributed by atoms with van der Waals surface area (Å²) >= 11 is 0. The van der Waals surface area contributed by atoms with Crippen LogP contribution in [0.2, 0.25) is 0 Å². The molecule has 0 saturated carbocycles. The van der Waals surface area contributed by atoms with Gasteiger partial charge >= 0.3 is 0 Å². The molecule has 0 aliphatic heterocycles. The molecule has 0 atom stereocenters. The highest BCUT2D eigenvalue weighted by Crippen LogP contribution is 2.24. The summed E-state index contributed by atoms with van der Waals surface area (Å²) in [5.74, 6) is -0.144. The van der Waals surface area contributed by atoms with Gasteiger partial charge in [-0.05, 0) is 55.8 Å². The van der Waals surface area contributed by atoms with Crippen LogP contribution >= 0.6 is 0 Å². The number of carbonyl (C=O) groups is 1. The maximum absolute atomic E-state index is 13.4. The van der Waals surface area contributed by atoms with Gasteiger partial charge in [0.2, 0.25) is 5.91 Å². The summed E-state index contributed by atoms with van der Waals surface area (Å²) in [6.45, 7) is 7.19. The second-order valence-electron chi connectivity index (χ2n) is 5.81. The zero-order chi connectivity index (χ0) is 16.0. The van der Waals surface area contributed by atoms with Crippen molar-refractivity contribution in [2.24, 2.45) is 5.92 Å². The van der Waals surface area contributed by atoms with Crippen molar-refractivity contribution in [3.63, 3.8) is 0 Å². The predicted octanol–water partition coefficient (Wildman–Crippen LogP) is 2.85. The van der Waals surface area contributed by atoms with Gasteiger partial charge in [0.15, 0.2) is 0 Å². The van der Waals surface area contributed by atoms with Crippen molar-refractivity contribution < 1.29 is 9.18 Å². The molecule has 1 rings (SSSR count). The number of hydrogen-bond donors (Lipinski definition) is 1. The average molecular weight is 292 g/mol. The quantitative estimate of drug-likeness (QED) is 0.818. The van der Waals surface area contributed by atoms with Crippen LogP contribution in [0.3, 0.4) is 0 Å². The van der Waals surface area contributed by atoms with E-state index in [1.807, 2.05) is 32.8 Å². The molecule has 0 unspecified atom stereocenters. The zero-order valence-corrected chi connectivity index (χ0v) is 13.5. The lowest BCUT2D eigenvalue weighted by molar-refractivity contribution is -0.116. The molecule has 21 heavy (non-hydrogen) atoms. The third kappa shape index (κ3) is 5.68. The molecule has 0 aliphatic rings. The van der Waals surface area contributed by atoms with E-state index in [4.69, 9.17) is 0 Å². The molecule has 0 aromatic heterocycles. The van der Waals surface area contributed by atoms with Gasteiger partial charge in [-0.25, -0.2) is 4.39 Å². The summed E-state index contributed by atoms with van der Waals surface area (Å²) in [4.78, 5) is 14.0. The highest BCUT2D eigenvalue weighted by molar-refractivity contribution is 5.95. The van der Waals surface area contributed by atoms with Crippen molar-refractivity contribution in [1.29, 1.82) is 0 Å². The third-order valence-corrected chi connectivity index (χ3v) is 3.26. The minimum absolute atomic E-state index is 0.109. The summed E-state index contributed by atoms with van der Waals surface area (Å²) in [5.41, 5.74) is 2.40. The Morgan fingerprint density at radius 1 is 1.38 bits per heavy atom. The molecule has 0 fully saturated rings. The van der Waals surface area contributed by atoms with Crippen molar-refractivity contribution in [2.75, 3.05) is 27.2 Å². The smallest absolute Gasteiger partial charge is 0.244 e. The van der Waals surface area contributed by atoms with E-state index in [1.54, 1.807) is 25.1 Å². The Balaban J connectivity index is 2.87. The molecule has 116 valence electrons. The number of nitrogens with one attached hydrogen (secondary N) is 1. The van der Waals surface area contributed by atoms with Crippen LogP contribution in [-0.2, 0) is 4.79 Å². The van der Waals surface area contributed by atoms with Crippen LogP contribution in [0, 0.1) is 18.7 Å². The van der Waals surface area contributed by atoms with Gasteiger partial charge in [0, 0.05) is 19.2 Å². The van der Waals surface area contributed by atoms with Crippen LogP contribution in [-0.4, -0.2) is 38.0 Å². The number of carbonyl (C=O) groups excluding carboxylic acids is 1. The van der Waals surface area contributed by atoms with Crippen molar-refractivity contribution in [2.45, 2.75) is 20.8 Å². The van der Waals surface area contributed by atoms with Crippen molar-refractivity contribution >= 4 is 11.5 Å². The maximum atomic E-state index is 13.4. The summed E-state index contributed by atoms with van der Waals surface area (Å²) in [5, 5.41) is 2.86. The van der Waals surface area contributed by atoms with Gasteiger partial charge in [-0.1, -0.05) is 19.9 Å². The Labute approximate surface area is 126 Å². The van der Waals surface area contributed by atoms with Gasteiger partial charge in [0.1, 0.15) is 5.82 Å². The minimum atomic E-state index is -0.225. The zero-order valence-electron chi connectivity index (χ0n) is 13.5. The molecule has 0 aliphatic carbocycles. The first-order valence-corrected chi connectivity index (χ1v) is 7.22. The van der Waals surface area contributed by atoms with E-state index in [0.717, 1.165) is 17.7 Å². The number of rotatable bonds is 6. The number of halogens is 1. The van der Waals surface area contributed by atoms with Crippen molar-refractivity contribution in [1.82, 2.24) is 10.2 Å². The van der Waals surface area contributed by atoms with Gasteiger partial charge in [-0.2, -0.15) is 0 Å². The van der Waals surface area contributed by atoms with E-state index in [-0.39, 0.29) is 17.6 Å². The summed E-state index contributed by atoms with van der Waals surface area (Å²) in [6.07, 6.45) is 1.62. The van der Waals surface area contributed by atoms with Gasteiger partial charge in [-0.3, -0.25) is 4.79 Å². The first kappa shape index (κ1) is 17.4. The van der Waals surface area contributed by atoms with Crippen LogP contribution in [0.4, 0.5) is 4.39 Å². The number of aryl methyl sites for hydroxylation is 1. The van der Waals surface area contributed by atoms with Gasteiger partial charge in [0.05, 0.1) is 0 Å². The monoisotopic (exact) mass is 292 g/mol. The third-order valence-electron chi connectivity index (χ3n) is 3.26. The fraction of sp³-hybridized carbons (Fsp3) is 0.471. The molecule has 0 radical (unpaired) electrons. The molecule has 1 aromatic rings. The highest BCUT2D eigenvalue weighted by atomic mass is 19.1. The molecule has 0 saturated heterocycles. The fourth-order valence-corrected chi connectivity index (χ4v) is 2.00. The van der Waals surface area contributed by atoms with E-state index in [0.29, 0.717) is 12.1 Å². The molecular formula is C17H25FN2O. The van der Waals surface area contributed by atoms with Crippen molar-refractivity contribution in [3.05, 3.63) is 41.2 Å². The molecule has 4 heteroatoms. The normalized spacial score (nSPS) is 12.1. The van der Waals surface area contributed by atoms with Crippen LogP contribution < -0.4 is 5.32 Å². The lowest BCUT2D eigenvalue weighted by atomic mass is 9.93. The summed E-state index contributed by atoms with van der Waals surface area (Å²) in [6, 6.07) is 4.96. The average Bonchev–Trinajstić information content (AvgIpc) is 2.38. The number of likely N-dealkylation sites (N-methyl/N-ethyl adjacent to an activating group) is 1. The lowest BCUT2D eigenvalue weighted by Crippen LogP contribution is -2.30. The van der Waals surface area contributed by atoms with E-state index in [2.05, 4.69) is 5.32 Å². The number of allylic oxidation sites excluding steroid dienone is 1. The fourth-order valence-electron chi connectivity index (χ4n) is 2.00. The molecule has 0 spiro atoms. The molecule has 3 nitrogen and oxygen atoms in total. The molecular weight excluding hydrogens is 267 g/mol. The Hall–Kier alpha value is -1.68. The molecule has 0 heterocycles. The Bertz CT molecular complexity index is 522. The van der Waals surface area contributed by atoms with Crippen molar-refractivity contribution in [3.8, 4) is 0 Å². The number of benzene rings is 1. The van der Waals surface area contributed by atoms with Gasteiger partial charge < -0.3 is 10.2 Å². The van der Waals surface area contributed by atoms with E-state index in [9.17, 15) is 9.18 Å². The maximum Gasteiger partial charge on any atom is 0.244 e. The van der Waals surface area contributed by atoms with Crippen LogP contribution in [0.5, 0.6) is 0 Å². The van der Waals surface area contributed by atoms with E-state index in [1.165, 1.54) is 6.07 Å². The highest BCUT2D eigenvalue weighted by Gasteiger charge is 2.10. The van der Waals surface area contributed by atoms with E-state index >= 15 is 0 Å². The first-order chi connectivity index (χ1) is 9.81. The molecule has 1 N–H and O–H groups in total. The number of amides is 1. The van der Waals surface area contributed by atoms with Gasteiger partial charge in [0.25, 0.3) is 0 Å². The SMILES string of the molecule is Cc1cc(/C(=C/C(=O)NCCN(C)C)C(C)C)ccc1F. The van der Waals surface area contributed by atoms with Crippen LogP contribution in [0.15, 0.2) is 24.3 Å². The van der Waals surface area contributed by atoms with E-state index < -0.39 is 0 Å². The Morgan fingerprint density at radius 2 is 2.05 bits per heavy atom. The minimum Gasteiger partial charge on any atom is -0.351 e. The second-order valence-corrected chi connectivity index (χ2v) is 5.81. The molecule has 1 aromatic carbocycles. The molecule has 0 bridgehead atoms. The summed E-state index contributed by atoms with van der Waals surface area (Å²) in [7, 11) is 3.92. The van der Waals surface area contributed by atoms with Gasteiger partial charge in [-0.15, -0.1) is 0 Å². The lowest BCUT2D eigenvalue weighted by Gasteiger charge is -2.14. The molecule has 1 amide bonds. The number of hydrogen-bond acceptors (Lipinski definition) is 2. The second kappa shape index (κ2) is 7.93. The summed E-state index contributed by atoms with van der Waals surface area (Å²) < 4.78 is 13.4.